The second kappa shape index (κ2) is 4.67. The Balaban J connectivity index is 2.80. The molecule has 0 atom stereocenters. The van der Waals surface area contributed by atoms with Crippen LogP contribution in [-0.4, -0.2) is 25.0 Å². The predicted molar refractivity (Wildman–Crippen MR) is 67.1 cm³/mol. The van der Waals surface area contributed by atoms with Crippen molar-refractivity contribution >= 4 is 5.69 Å². The van der Waals surface area contributed by atoms with Gasteiger partial charge in [0.2, 0.25) is 0 Å². The molecular weight excluding hydrogens is 184 g/mol. The molecule has 0 saturated carbocycles. The van der Waals surface area contributed by atoms with Crippen molar-refractivity contribution in [2.75, 3.05) is 25.9 Å². The molecule has 0 spiro atoms. The molecule has 0 aliphatic heterocycles. The summed E-state index contributed by atoms with van der Waals surface area (Å²) < 4.78 is 0. The van der Waals surface area contributed by atoms with E-state index in [9.17, 15) is 0 Å². The summed E-state index contributed by atoms with van der Waals surface area (Å²) in [4.78, 5) is 2.33. The van der Waals surface area contributed by atoms with E-state index in [0.29, 0.717) is 0 Å². The first-order valence-electron chi connectivity index (χ1n) is 5.50. The molecule has 0 amide bonds. The third-order valence-corrected chi connectivity index (χ3v) is 2.90. The van der Waals surface area contributed by atoms with E-state index >= 15 is 0 Å². The SMILES string of the molecule is CCN(C)CC(C)(C)c1ccc(N)cc1. The summed E-state index contributed by atoms with van der Waals surface area (Å²) in [7, 11) is 2.15. The highest BCUT2D eigenvalue weighted by molar-refractivity contribution is 5.41. The van der Waals surface area contributed by atoms with Crippen LogP contribution in [-0.2, 0) is 5.41 Å². The van der Waals surface area contributed by atoms with Gasteiger partial charge >= 0.3 is 0 Å². The van der Waals surface area contributed by atoms with E-state index in [2.05, 4.69) is 44.9 Å². The van der Waals surface area contributed by atoms with Crippen molar-refractivity contribution in [2.24, 2.45) is 0 Å². The summed E-state index contributed by atoms with van der Waals surface area (Å²) in [6.45, 7) is 8.86. The molecule has 0 fully saturated rings. The summed E-state index contributed by atoms with van der Waals surface area (Å²) in [6, 6.07) is 8.20. The Kier molecular flexibility index (Phi) is 3.75. The Morgan fingerprint density at radius 3 is 2.20 bits per heavy atom. The highest BCUT2D eigenvalue weighted by Gasteiger charge is 2.21. The van der Waals surface area contributed by atoms with Gasteiger partial charge in [-0.15, -0.1) is 0 Å². The third-order valence-electron chi connectivity index (χ3n) is 2.90. The van der Waals surface area contributed by atoms with Crippen LogP contribution in [0.3, 0.4) is 0 Å². The van der Waals surface area contributed by atoms with Gasteiger partial charge < -0.3 is 10.6 Å². The third kappa shape index (κ3) is 3.24. The summed E-state index contributed by atoms with van der Waals surface area (Å²) in [5, 5.41) is 0. The van der Waals surface area contributed by atoms with Gasteiger partial charge in [0.15, 0.2) is 0 Å². The molecular formula is C13H22N2. The maximum atomic E-state index is 5.69. The lowest BCUT2D eigenvalue weighted by Crippen LogP contribution is -2.34. The molecule has 2 nitrogen and oxygen atoms in total. The number of hydrogen-bond donors (Lipinski definition) is 1. The van der Waals surface area contributed by atoms with Crippen LogP contribution in [0, 0.1) is 0 Å². The van der Waals surface area contributed by atoms with Gasteiger partial charge in [-0.3, -0.25) is 0 Å². The zero-order chi connectivity index (χ0) is 11.5. The second-order valence-electron chi connectivity index (χ2n) is 4.84. The molecule has 1 rings (SSSR count). The minimum atomic E-state index is 0.179. The van der Waals surface area contributed by atoms with Gasteiger partial charge in [0.1, 0.15) is 0 Å². The van der Waals surface area contributed by atoms with E-state index in [1.165, 1.54) is 5.56 Å². The zero-order valence-corrected chi connectivity index (χ0v) is 10.2. The monoisotopic (exact) mass is 206 g/mol. The minimum absolute atomic E-state index is 0.179. The Bertz CT molecular complexity index is 301. The number of nitrogens with two attached hydrogens (primary N) is 1. The molecule has 0 radical (unpaired) electrons. The minimum Gasteiger partial charge on any atom is -0.399 e. The molecule has 0 aliphatic carbocycles. The van der Waals surface area contributed by atoms with Crippen LogP contribution in [0.2, 0.25) is 0 Å². The Morgan fingerprint density at radius 2 is 1.73 bits per heavy atom. The van der Waals surface area contributed by atoms with Crippen LogP contribution in [0.15, 0.2) is 24.3 Å². The summed E-state index contributed by atoms with van der Waals surface area (Å²) in [5.41, 5.74) is 8.04. The highest BCUT2D eigenvalue weighted by atomic mass is 15.1. The van der Waals surface area contributed by atoms with Gasteiger partial charge in [0.05, 0.1) is 0 Å². The summed E-state index contributed by atoms with van der Waals surface area (Å²) >= 11 is 0. The number of benzene rings is 1. The van der Waals surface area contributed by atoms with E-state index in [1.807, 2.05) is 12.1 Å². The van der Waals surface area contributed by atoms with Gasteiger partial charge in [-0.2, -0.15) is 0 Å². The zero-order valence-electron chi connectivity index (χ0n) is 10.2. The normalized spacial score (nSPS) is 12.1. The van der Waals surface area contributed by atoms with Crippen molar-refractivity contribution in [3.63, 3.8) is 0 Å². The smallest absolute Gasteiger partial charge is 0.0314 e. The van der Waals surface area contributed by atoms with Gasteiger partial charge in [-0.05, 0) is 31.3 Å². The van der Waals surface area contributed by atoms with Crippen LogP contribution in [0.5, 0.6) is 0 Å². The molecule has 0 aromatic heterocycles. The Labute approximate surface area is 93.1 Å². The Morgan fingerprint density at radius 1 is 1.20 bits per heavy atom. The van der Waals surface area contributed by atoms with E-state index in [4.69, 9.17) is 5.73 Å². The first kappa shape index (κ1) is 12.1. The quantitative estimate of drug-likeness (QED) is 0.767. The molecule has 2 heteroatoms. The van der Waals surface area contributed by atoms with E-state index in [-0.39, 0.29) is 5.41 Å². The van der Waals surface area contributed by atoms with Crippen molar-refractivity contribution in [3.8, 4) is 0 Å². The summed E-state index contributed by atoms with van der Waals surface area (Å²) in [6.07, 6.45) is 0. The second-order valence-corrected chi connectivity index (χ2v) is 4.84. The fourth-order valence-corrected chi connectivity index (χ4v) is 1.81. The van der Waals surface area contributed by atoms with Crippen molar-refractivity contribution in [1.82, 2.24) is 4.90 Å². The largest absolute Gasteiger partial charge is 0.399 e. The van der Waals surface area contributed by atoms with Crippen molar-refractivity contribution in [2.45, 2.75) is 26.2 Å². The number of hydrogen-bond acceptors (Lipinski definition) is 2. The number of nitrogen functional groups attached to an aromatic ring is 1. The van der Waals surface area contributed by atoms with Crippen LogP contribution in [0.4, 0.5) is 5.69 Å². The maximum Gasteiger partial charge on any atom is 0.0314 e. The topological polar surface area (TPSA) is 29.3 Å². The number of likely N-dealkylation sites (N-methyl/N-ethyl adjacent to an activating group) is 1. The van der Waals surface area contributed by atoms with E-state index in [1.54, 1.807) is 0 Å². The standard InChI is InChI=1S/C13H22N2/c1-5-15(4)10-13(2,3)11-6-8-12(14)9-7-11/h6-9H,5,10,14H2,1-4H3. The Hall–Kier alpha value is -1.02. The molecule has 1 aromatic rings. The molecule has 2 N–H and O–H groups in total. The first-order chi connectivity index (χ1) is 6.95. The molecule has 15 heavy (non-hydrogen) atoms. The lowest BCUT2D eigenvalue weighted by Gasteiger charge is -2.30. The van der Waals surface area contributed by atoms with Gasteiger partial charge in [-0.1, -0.05) is 32.9 Å². The van der Waals surface area contributed by atoms with Crippen molar-refractivity contribution in [3.05, 3.63) is 29.8 Å². The van der Waals surface area contributed by atoms with E-state index in [0.717, 1.165) is 18.8 Å². The van der Waals surface area contributed by atoms with Gasteiger partial charge in [0, 0.05) is 17.6 Å². The van der Waals surface area contributed by atoms with E-state index < -0.39 is 0 Å². The van der Waals surface area contributed by atoms with Crippen LogP contribution >= 0.6 is 0 Å². The first-order valence-corrected chi connectivity index (χ1v) is 5.50. The number of anilines is 1. The lowest BCUT2D eigenvalue weighted by molar-refractivity contribution is 0.280. The van der Waals surface area contributed by atoms with Gasteiger partial charge in [0.25, 0.3) is 0 Å². The fraction of sp³-hybridized carbons (Fsp3) is 0.538. The molecule has 0 aliphatic rings. The molecule has 84 valence electrons. The average molecular weight is 206 g/mol. The van der Waals surface area contributed by atoms with Crippen LogP contribution in [0.25, 0.3) is 0 Å². The molecule has 0 saturated heterocycles. The summed E-state index contributed by atoms with van der Waals surface area (Å²) in [5.74, 6) is 0. The number of nitrogens with zero attached hydrogens (tertiary/aromatic N) is 1. The molecule has 0 unspecified atom stereocenters. The van der Waals surface area contributed by atoms with Crippen molar-refractivity contribution < 1.29 is 0 Å². The van der Waals surface area contributed by atoms with Crippen LogP contribution in [0.1, 0.15) is 26.3 Å². The highest BCUT2D eigenvalue weighted by Crippen LogP contribution is 2.24. The molecule has 0 heterocycles. The maximum absolute atomic E-state index is 5.69. The fourth-order valence-electron chi connectivity index (χ4n) is 1.81. The molecule has 0 bridgehead atoms. The number of rotatable bonds is 4. The van der Waals surface area contributed by atoms with Crippen LogP contribution < -0.4 is 5.73 Å². The molecule has 1 aromatic carbocycles. The van der Waals surface area contributed by atoms with Gasteiger partial charge in [-0.25, -0.2) is 0 Å². The lowest BCUT2D eigenvalue weighted by atomic mass is 9.84. The average Bonchev–Trinajstić information content (AvgIpc) is 2.17. The van der Waals surface area contributed by atoms with Crippen molar-refractivity contribution in [1.29, 1.82) is 0 Å². The predicted octanol–water partition coefficient (Wildman–Crippen LogP) is 2.50.